The van der Waals surface area contributed by atoms with E-state index in [0.717, 1.165) is 5.92 Å². The van der Waals surface area contributed by atoms with E-state index in [1.807, 2.05) is 0 Å². The van der Waals surface area contributed by atoms with Gasteiger partial charge in [0.1, 0.15) is 0 Å². The lowest BCUT2D eigenvalue weighted by Gasteiger charge is -2.54. The lowest BCUT2D eigenvalue weighted by Crippen LogP contribution is -2.46. The van der Waals surface area contributed by atoms with Crippen LogP contribution in [0.1, 0.15) is 94.4 Å². The molecule has 0 amide bonds. The Morgan fingerprint density at radius 3 is 1.67 bits per heavy atom. The van der Waals surface area contributed by atoms with E-state index in [4.69, 9.17) is 0 Å². The van der Waals surface area contributed by atoms with Gasteiger partial charge in [0.05, 0.1) is 0 Å². The summed E-state index contributed by atoms with van der Waals surface area (Å²) in [5, 5.41) is 0. The average Bonchev–Trinajstić information content (AvgIpc) is 2.22. The summed E-state index contributed by atoms with van der Waals surface area (Å²) in [6.45, 7) is 21.8. The minimum absolute atomic E-state index is 0.351. The highest BCUT2D eigenvalue weighted by atomic mass is 14.5. The van der Waals surface area contributed by atoms with Gasteiger partial charge in [-0.25, -0.2) is 0 Å². The number of unbranched alkanes of at least 4 members (excludes halogenated alkanes) is 3. The van der Waals surface area contributed by atoms with Gasteiger partial charge in [-0.3, -0.25) is 0 Å². The molecule has 0 spiro atoms. The molecule has 110 valence electrons. The summed E-state index contributed by atoms with van der Waals surface area (Å²) in [5.74, 6) is 0.795. The minimum atomic E-state index is 0.351. The highest BCUT2D eigenvalue weighted by molar-refractivity contribution is 4.96. The molecule has 0 nitrogen and oxygen atoms in total. The van der Waals surface area contributed by atoms with Gasteiger partial charge in [-0.05, 0) is 22.2 Å². The summed E-state index contributed by atoms with van der Waals surface area (Å²) in [6.07, 6.45) is 6.93. The molecule has 18 heavy (non-hydrogen) atoms. The zero-order valence-electron chi connectivity index (χ0n) is 14.6. The normalized spacial score (nSPS) is 15.8. The highest BCUT2D eigenvalue weighted by Crippen LogP contribution is 2.55. The molecular weight excluding hydrogens is 216 g/mol. The van der Waals surface area contributed by atoms with Crippen molar-refractivity contribution < 1.29 is 0 Å². The van der Waals surface area contributed by atoms with Crippen molar-refractivity contribution in [2.24, 2.45) is 22.2 Å². The molecule has 0 aliphatic carbocycles. The highest BCUT2D eigenvalue weighted by Gasteiger charge is 2.47. The Bertz CT molecular complexity index is 227. The molecule has 0 aliphatic heterocycles. The fourth-order valence-electron chi connectivity index (χ4n) is 2.82. The molecule has 0 heteroatoms. The van der Waals surface area contributed by atoms with Crippen molar-refractivity contribution in [1.82, 2.24) is 0 Å². The Kier molecular flexibility index (Phi) is 6.44. The molecule has 0 aromatic carbocycles. The lowest BCUT2D eigenvalue weighted by molar-refractivity contribution is -0.0466. The monoisotopic (exact) mass is 254 g/mol. The molecule has 0 aliphatic rings. The molecule has 0 aromatic heterocycles. The Labute approximate surface area is 117 Å². The van der Waals surface area contributed by atoms with Crippen molar-refractivity contribution in [1.29, 1.82) is 0 Å². The first kappa shape index (κ1) is 18.0. The molecule has 0 rings (SSSR count). The number of hydrogen-bond donors (Lipinski definition) is 0. The van der Waals surface area contributed by atoms with Gasteiger partial charge in [0.25, 0.3) is 0 Å². The van der Waals surface area contributed by atoms with Gasteiger partial charge in [-0.1, -0.05) is 94.4 Å². The molecule has 0 bridgehead atoms. The van der Waals surface area contributed by atoms with E-state index >= 15 is 0 Å². The maximum absolute atomic E-state index is 2.47. The summed E-state index contributed by atoms with van der Waals surface area (Å²) in [4.78, 5) is 0. The van der Waals surface area contributed by atoms with Gasteiger partial charge in [0, 0.05) is 0 Å². The third kappa shape index (κ3) is 4.00. The lowest BCUT2D eigenvalue weighted by atomic mass is 9.51. The van der Waals surface area contributed by atoms with Gasteiger partial charge in [0.2, 0.25) is 0 Å². The van der Waals surface area contributed by atoms with Crippen molar-refractivity contribution in [2.45, 2.75) is 94.4 Å². The van der Waals surface area contributed by atoms with Crippen LogP contribution in [0.2, 0.25) is 0 Å². The van der Waals surface area contributed by atoms with Gasteiger partial charge in [-0.15, -0.1) is 0 Å². The average molecular weight is 255 g/mol. The Balaban J connectivity index is 4.61. The van der Waals surface area contributed by atoms with E-state index in [2.05, 4.69) is 62.3 Å². The van der Waals surface area contributed by atoms with Crippen LogP contribution in [0.5, 0.6) is 0 Å². The van der Waals surface area contributed by atoms with Crippen LogP contribution in [0.25, 0.3) is 0 Å². The Hall–Kier alpha value is 0. The molecule has 0 aromatic rings. The summed E-state index contributed by atoms with van der Waals surface area (Å²) in [7, 11) is 0. The summed E-state index contributed by atoms with van der Waals surface area (Å²) in [6, 6.07) is 0. The zero-order valence-corrected chi connectivity index (χ0v) is 14.6. The van der Waals surface area contributed by atoms with Crippen LogP contribution in [0, 0.1) is 22.2 Å². The van der Waals surface area contributed by atoms with Crippen molar-refractivity contribution in [3.05, 3.63) is 0 Å². The predicted octanol–water partition coefficient (Wildman–Crippen LogP) is 6.69. The maximum Gasteiger partial charge on any atom is -0.0252 e. The van der Waals surface area contributed by atoms with Crippen molar-refractivity contribution in [3.8, 4) is 0 Å². The van der Waals surface area contributed by atoms with Crippen LogP contribution in [-0.2, 0) is 0 Å². The van der Waals surface area contributed by atoms with Crippen LogP contribution in [0.4, 0.5) is 0 Å². The second-order valence-electron chi connectivity index (χ2n) is 8.35. The van der Waals surface area contributed by atoms with Crippen LogP contribution in [0.15, 0.2) is 0 Å². The van der Waals surface area contributed by atoms with Crippen LogP contribution < -0.4 is 0 Å². The first-order valence-corrected chi connectivity index (χ1v) is 7.98. The number of hydrogen-bond acceptors (Lipinski definition) is 0. The second kappa shape index (κ2) is 6.44. The van der Waals surface area contributed by atoms with Gasteiger partial charge >= 0.3 is 0 Å². The molecule has 1 unspecified atom stereocenters. The Morgan fingerprint density at radius 1 is 0.778 bits per heavy atom. The van der Waals surface area contributed by atoms with E-state index in [0.29, 0.717) is 16.2 Å². The van der Waals surface area contributed by atoms with Gasteiger partial charge in [0.15, 0.2) is 0 Å². The fourth-order valence-corrected chi connectivity index (χ4v) is 2.82. The van der Waals surface area contributed by atoms with E-state index in [1.54, 1.807) is 0 Å². The van der Waals surface area contributed by atoms with Gasteiger partial charge < -0.3 is 0 Å². The Morgan fingerprint density at radius 2 is 1.28 bits per heavy atom. The third-order valence-corrected chi connectivity index (χ3v) is 6.21. The van der Waals surface area contributed by atoms with E-state index in [9.17, 15) is 0 Å². The SMILES string of the molecule is CCCCCCC(C)C(C)(C)C(C)(C)C(C)(C)C. The van der Waals surface area contributed by atoms with E-state index in [-0.39, 0.29) is 0 Å². The summed E-state index contributed by atoms with van der Waals surface area (Å²) >= 11 is 0. The fraction of sp³-hybridized carbons (Fsp3) is 1.00. The van der Waals surface area contributed by atoms with Crippen molar-refractivity contribution >= 4 is 0 Å². The summed E-state index contributed by atoms with van der Waals surface area (Å²) in [5.41, 5.74) is 1.09. The zero-order chi connectivity index (χ0) is 14.6. The first-order chi connectivity index (χ1) is 7.98. The van der Waals surface area contributed by atoms with E-state index < -0.39 is 0 Å². The minimum Gasteiger partial charge on any atom is -0.0654 e. The smallest absolute Gasteiger partial charge is 0.0252 e. The molecule has 0 N–H and O–H groups in total. The standard InChI is InChI=1S/C18H38/c1-10-11-12-13-14-15(2)17(6,7)18(8,9)16(3,4)5/h15H,10-14H2,1-9H3. The third-order valence-electron chi connectivity index (χ3n) is 6.21. The largest absolute Gasteiger partial charge is 0.0654 e. The molecule has 0 heterocycles. The molecule has 0 radical (unpaired) electrons. The number of rotatable bonds is 7. The molecule has 0 fully saturated rings. The van der Waals surface area contributed by atoms with Crippen LogP contribution in [-0.4, -0.2) is 0 Å². The molecule has 0 saturated carbocycles. The van der Waals surface area contributed by atoms with Gasteiger partial charge in [-0.2, -0.15) is 0 Å². The second-order valence-corrected chi connectivity index (χ2v) is 8.35. The van der Waals surface area contributed by atoms with E-state index in [1.165, 1.54) is 32.1 Å². The predicted molar refractivity (Wildman–Crippen MR) is 84.9 cm³/mol. The topological polar surface area (TPSA) is 0 Å². The van der Waals surface area contributed by atoms with Crippen LogP contribution >= 0.6 is 0 Å². The quantitative estimate of drug-likeness (QED) is 0.444. The van der Waals surface area contributed by atoms with Crippen molar-refractivity contribution in [3.63, 3.8) is 0 Å². The maximum atomic E-state index is 2.47. The molecule has 0 saturated heterocycles. The summed E-state index contributed by atoms with van der Waals surface area (Å²) < 4.78 is 0. The molecule has 1 atom stereocenters. The molecular formula is C18H38. The first-order valence-electron chi connectivity index (χ1n) is 7.98. The van der Waals surface area contributed by atoms with Crippen molar-refractivity contribution in [2.75, 3.05) is 0 Å². The van der Waals surface area contributed by atoms with Crippen LogP contribution in [0.3, 0.4) is 0 Å².